The van der Waals surface area contributed by atoms with Crippen molar-refractivity contribution in [2.45, 2.75) is 12.8 Å². The average molecular weight is 277 g/mol. The number of nitriles is 1. The summed E-state index contributed by atoms with van der Waals surface area (Å²) in [6.45, 7) is 0. The topological polar surface area (TPSA) is 94.3 Å². The predicted molar refractivity (Wildman–Crippen MR) is 69.6 cm³/mol. The van der Waals surface area contributed by atoms with Gasteiger partial charge in [0.15, 0.2) is 0 Å². The number of benzene rings is 1. The summed E-state index contributed by atoms with van der Waals surface area (Å²) in [6, 6.07) is 6.52. The molecule has 19 heavy (non-hydrogen) atoms. The number of hydrogen-bond acceptors (Lipinski definition) is 4. The van der Waals surface area contributed by atoms with Crippen LogP contribution in [-0.2, 0) is 9.59 Å². The Hall–Kier alpha value is -2.39. The molecule has 0 atom stereocenters. The fraction of sp³-hybridized carbons (Fsp3) is 0.167. The highest BCUT2D eigenvalue weighted by atomic mass is 35.5. The number of anilines is 1. The molecule has 1 aliphatic heterocycles. The molecule has 0 spiro atoms. The van der Waals surface area contributed by atoms with Gasteiger partial charge in [-0.3, -0.25) is 9.59 Å². The lowest BCUT2D eigenvalue weighted by Gasteiger charge is -2.12. The van der Waals surface area contributed by atoms with Crippen LogP contribution in [0.2, 0.25) is 5.02 Å². The number of amides is 2. The third kappa shape index (κ3) is 3.09. The quantitative estimate of drug-likeness (QED) is 0.855. The van der Waals surface area contributed by atoms with Gasteiger partial charge >= 0.3 is 0 Å². The molecule has 6 nitrogen and oxygen atoms in total. The van der Waals surface area contributed by atoms with E-state index < -0.39 is 5.91 Å². The molecule has 0 saturated heterocycles. The molecule has 2 rings (SSSR count). The second kappa shape index (κ2) is 5.50. The van der Waals surface area contributed by atoms with Crippen LogP contribution in [0.5, 0.6) is 0 Å². The van der Waals surface area contributed by atoms with Crippen molar-refractivity contribution < 1.29 is 9.59 Å². The number of rotatable bonds is 2. The number of nitrogens with zero attached hydrogens (tertiary/aromatic N) is 2. The molecule has 96 valence electrons. The molecule has 0 saturated carbocycles. The summed E-state index contributed by atoms with van der Waals surface area (Å²) in [5.41, 5.74) is 3.07. The van der Waals surface area contributed by atoms with E-state index in [2.05, 4.69) is 15.8 Å². The Morgan fingerprint density at radius 2 is 2.26 bits per heavy atom. The van der Waals surface area contributed by atoms with Crippen molar-refractivity contribution in [3.05, 3.63) is 28.8 Å². The van der Waals surface area contributed by atoms with E-state index in [1.165, 1.54) is 12.1 Å². The van der Waals surface area contributed by atoms with Crippen LogP contribution in [0.4, 0.5) is 5.69 Å². The highest BCUT2D eigenvalue weighted by Crippen LogP contribution is 2.20. The van der Waals surface area contributed by atoms with E-state index in [4.69, 9.17) is 16.9 Å². The summed E-state index contributed by atoms with van der Waals surface area (Å²) in [6.07, 6.45) is 0.479. The summed E-state index contributed by atoms with van der Waals surface area (Å²) in [7, 11) is 0. The molecule has 0 radical (unpaired) electrons. The first-order valence-corrected chi connectivity index (χ1v) is 5.84. The van der Waals surface area contributed by atoms with Gasteiger partial charge in [0.1, 0.15) is 11.8 Å². The number of carbonyl (C=O) groups excluding carboxylic acids is 2. The third-order valence-electron chi connectivity index (χ3n) is 2.52. The van der Waals surface area contributed by atoms with Gasteiger partial charge in [0, 0.05) is 17.9 Å². The van der Waals surface area contributed by atoms with Gasteiger partial charge in [-0.1, -0.05) is 11.6 Å². The van der Waals surface area contributed by atoms with E-state index in [1.807, 2.05) is 6.07 Å². The summed E-state index contributed by atoms with van der Waals surface area (Å²) in [5.74, 6) is -0.684. The van der Waals surface area contributed by atoms with Crippen LogP contribution in [-0.4, -0.2) is 17.5 Å². The van der Waals surface area contributed by atoms with Crippen LogP contribution in [0.15, 0.2) is 23.3 Å². The third-order valence-corrected chi connectivity index (χ3v) is 2.75. The lowest BCUT2D eigenvalue weighted by molar-refractivity contribution is -0.121. The molecule has 0 aromatic heterocycles. The normalized spacial score (nSPS) is 14.1. The zero-order chi connectivity index (χ0) is 13.8. The molecule has 2 N–H and O–H groups in total. The maximum Gasteiger partial charge on any atom is 0.271 e. The van der Waals surface area contributed by atoms with Crippen LogP contribution in [0, 0.1) is 11.3 Å². The lowest BCUT2D eigenvalue weighted by Crippen LogP contribution is -2.32. The van der Waals surface area contributed by atoms with E-state index in [0.717, 1.165) is 0 Å². The standard InChI is InChI=1S/C12H9ClN4O2/c13-8-2-1-7(6-14)10(5-8)15-12(19)9-3-4-11(18)17-16-9/h1-2,5H,3-4H2,(H,15,19)(H,17,18). The molecule has 1 heterocycles. The monoisotopic (exact) mass is 276 g/mol. The van der Waals surface area contributed by atoms with E-state index in [9.17, 15) is 9.59 Å². The maximum atomic E-state index is 11.9. The van der Waals surface area contributed by atoms with Gasteiger partial charge in [-0.25, -0.2) is 5.43 Å². The minimum Gasteiger partial charge on any atom is -0.320 e. The number of hydrazone groups is 1. The van der Waals surface area contributed by atoms with Gasteiger partial charge < -0.3 is 5.32 Å². The smallest absolute Gasteiger partial charge is 0.271 e. The minimum absolute atomic E-state index is 0.212. The van der Waals surface area contributed by atoms with Crippen LogP contribution in [0.1, 0.15) is 18.4 Å². The van der Waals surface area contributed by atoms with Crippen molar-refractivity contribution in [1.29, 1.82) is 5.26 Å². The molecular weight excluding hydrogens is 268 g/mol. The van der Waals surface area contributed by atoms with Crippen molar-refractivity contribution in [1.82, 2.24) is 5.43 Å². The fourth-order valence-corrected chi connectivity index (χ4v) is 1.72. The molecule has 0 unspecified atom stereocenters. The van der Waals surface area contributed by atoms with Gasteiger partial charge in [-0.05, 0) is 18.2 Å². The largest absolute Gasteiger partial charge is 0.320 e. The van der Waals surface area contributed by atoms with Crippen molar-refractivity contribution >= 4 is 34.8 Å². The number of halogens is 1. The first-order chi connectivity index (χ1) is 9.10. The Balaban J connectivity index is 2.18. The van der Waals surface area contributed by atoms with Gasteiger partial charge in [-0.15, -0.1) is 0 Å². The van der Waals surface area contributed by atoms with Gasteiger partial charge in [0.2, 0.25) is 5.91 Å². The van der Waals surface area contributed by atoms with Crippen LogP contribution in [0.25, 0.3) is 0 Å². The molecule has 1 aliphatic rings. The van der Waals surface area contributed by atoms with E-state index in [-0.39, 0.29) is 24.5 Å². The van der Waals surface area contributed by atoms with Crippen LogP contribution in [0.3, 0.4) is 0 Å². The molecule has 7 heteroatoms. The van der Waals surface area contributed by atoms with Crippen LogP contribution < -0.4 is 10.7 Å². The van der Waals surface area contributed by atoms with Gasteiger partial charge in [0.05, 0.1) is 11.3 Å². The average Bonchev–Trinajstić information content (AvgIpc) is 2.39. The first kappa shape index (κ1) is 13.1. The number of nitrogens with one attached hydrogen (secondary N) is 2. The Kier molecular flexibility index (Phi) is 3.78. The predicted octanol–water partition coefficient (Wildman–Crippen LogP) is 1.42. The summed E-state index contributed by atoms with van der Waals surface area (Å²) < 4.78 is 0. The van der Waals surface area contributed by atoms with Gasteiger partial charge in [0.25, 0.3) is 5.91 Å². The zero-order valence-corrected chi connectivity index (χ0v) is 10.5. The Morgan fingerprint density at radius 3 is 2.89 bits per heavy atom. The fourth-order valence-electron chi connectivity index (χ4n) is 1.55. The lowest BCUT2D eigenvalue weighted by atomic mass is 10.1. The molecule has 0 aliphatic carbocycles. The number of carbonyl (C=O) groups is 2. The number of hydrogen-bond donors (Lipinski definition) is 2. The van der Waals surface area contributed by atoms with E-state index in [1.54, 1.807) is 6.07 Å². The van der Waals surface area contributed by atoms with Crippen molar-refractivity contribution in [2.24, 2.45) is 5.10 Å². The summed E-state index contributed by atoms with van der Waals surface area (Å²) in [4.78, 5) is 22.8. The first-order valence-electron chi connectivity index (χ1n) is 5.46. The Morgan fingerprint density at radius 1 is 1.47 bits per heavy atom. The van der Waals surface area contributed by atoms with Crippen LogP contribution >= 0.6 is 11.6 Å². The van der Waals surface area contributed by atoms with Crippen molar-refractivity contribution in [3.8, 4) is 6.07 Å². The Labute approximate surface area is 114 Å². The molecule has 0 bridgehead atoms. The molecule has 2 amide bonds. The van der Waals surface area contributed by atoms with E-state index in [0.29, 0.717) is 16.3 Å². The highest BCUT2D eigenvalue weighted by Gasteiger charge is 2.19. The van der Waals surface area contributed by atoms with E-state index >= 15 is 0 Å². The maximum absolute atomic E-state index is 11.9. The van der Waals surface area contributed by atoms with Crippen molar-refractivity contribution in [2.75, 3.05) is 5.32 Å². The highest BCUT2D eigenvalue weighted by molar-refractivity contribution is 6.43. The summed E-state index contributed by atoms with van der Waals surface area (Å²) in [5, 5.41) is 15.6. The molecule has 1 aromatic carbocycles. The van der Waals surface area contributed by atoms with Crippen molar-refractivity contribution in [3.63, 3.8) is 0 Å². The zero-order valence-electron chi connectivity index (χ0n) is 9.74. The second-order valence-electron chi connectivity index (χ2n) is 3.85. The summed E-state index contributed by atoms with van der Waals surface area (Å²) >= 11 is 5.81. The van der Waals surface area contributed by atoms with Gasteiger partial charge in [-0.2, -0.15) is 10.4 Å². The Bertz CT molecular complexity index is 619. The molecule has 0 fully saturated rings. The molecular formula is C12H9ClN4O2. The minimum atomic E-state index is -0.459. The SMILES string of the molecule is N#Cc1ccc(Cl)cc1NC(=O)C1=NNC(=O)CC1. The molecule has 1 aromatic rings. The second-order valence-corrected chi connectivity index (χ2v) is 4.29.